The molecule has 6 nitrogen and oxygen atoms in total. The third kappa shape index (κ3) is 4.36. The van der Waals surface area contributed by atoms with Crippen LogP contribution in [0, 0.1) is 5.92 Å². The van der Waals surface area contributed by atoms with Crippen LogP contribution in [0.5, 0.6) is 0 Å². The molecule has 0 aromatic carbocycles. The van der Waals surface area contributed by atoms with Crippen LogP contribution in [0.15, 0.2) is 29.8 Å². The van der Waals surface area contributed by atoms with E-state index in [1.165, 1.54) is 6.42 Å². The number of carbonyl (C=O) groups is 1. The molecule has 154 valence electrons. The number of amides is 1. The lowest BCUT2D eigenvalue weighted by Gasteiger charge is -2.27. The molecule has 2 N–H and O–H groups in total. The quantitative estimate of drug-likeness (QED) is 0.569. The standard InChI is InChI=1S/C22H28N4O2S/c1-2-26-21-17(14-24-26)16(13-18(25-21)20-10-6-12-29-20)22(28)23-11-5-8-15-7-3-4-9-19(15)27/h6,10,12-15,19,27H,2-5,7-9,11H2,1H3,(H,23,28)/t15-,19-/m0/s1. The van der Waals surface area contributed by atoms with E-state index in [9.17, 15) is 9.90 Å². The molecule has 1 aliphatic rings. The molecule has 4 rings (SSSR count). The number of aliphatic hydroxyl groups is 1. The minimum atomic E-state index is -0.174. The van der Waals surface area contributed by atoms with Crippen molar-refractivity contribution in [2.24, 2.45) is 5.92 Å². The van der Waals surface area contributed by atoms with Gasteiger partial charge in [0.25, 0.3) is 5.91 Å². The van der Waals surface area contributed by atoms with E-state index in [0.717, 1.165) is 53.7 Å². The van der Waals surface area contributed by atoms with Gasteiger partial charge in [0.15, 0.2) is 5.65 Å². The van der Waals surface area contributed by atoms with Crippen LogP contribution in [0.1, 0.15) is 55.8 Å². The van der Waals surface area contributed by atoms with E-state index in [4.69, 9.17) is 4.98 Å². The molecule has 29 heavy (non-hydrogen) atoms. The fourth-order valence-corrected chi connectivity index (χ4v) is 4.89. The zero-order valence-corrected chi connectivity index (χ0v) is 17.6. The van der Waals surface area contributed by atoms with E-state index in [0.29, 0.717) is 24.6 Å². The van der Waals surface area contributed by atoms with Crippen LogP contribution >= 0.6 is 11.3 Å². The van der Waals surface area contributed by atoms with Gasteiger partial charge in [-0.2, -0.15) is 5.10 Å². The summed E-state index contributed by atoms with van der Waals surface area (Å²) < 4.78 is 1.83. The maximum atomic E-state index is 13.0. The Morgan fingerprint density at radius 1 is 1.38 bits per heavy atom. The Morgan fingerprint density at radius 3 is 3.00 bits per heavy atom. The number of aryl methyl sites for hydroxylation is 1. The van der Waals surface area contributed by atoms with Gasteiger partial charge in [0, 0.05) is 13.1 Å². The molecule has 2 atom stereocenters. The van der Waals surface area contributed by atoms with Gasteiger partial charge in [0.2, 0.25) is 0 Å². The first kappa shape index (κ1) is 20.0. The van der Waals surface area contributed by atoms with Gasteiger partial charge in [0.05, 0.1) is 33.8 Å². The van der Waals surface area contributed by atoms with Gasteiger partial charge in [-0.3, -0.25) is 4.79 Å². The van der Waals surface area contributed by atoms with E-state index in [-0.39, 0.29) is 12.0 Å². The van der Waals surface area contributed by atoms with Crippen molar-refractivity contribution in [1.82, 2.24) is 20.1 Å². The van der Waals surface area contributed by atoms with E-state index in [2.05, 4.69) is 10.4 Å². The predicted octanol–water partition coefficient (Wildman–Crippen LogP) is 4.24. The summed E-state index contributed by atoms with van der Waals surface area (Å²) in [6, 6.07) is 5.88. The first-order valence-corrected chi connectivity index (χ1v) is 11.4. The average Bonchev–Trinajstić information content (AvgIpc) is 3.41. The van der Waals surface area contributed by atoms with Crippen molar-refractivity contribution in [3.63, 3.8) is 0 Å². The second-order valence-electron chi connectivity index (χ2n) is 7.74. The molecular weight excluding hydrogens is 384 g/mol. The number of nitrogens with zero attached hydrogens (tertiary/aromatic N) is 3. The van der Waals surface area contributed by atoms with Crippen LogP contribution in [-0.4, -0.2) is 38.4 Å². The zero-order valence-electron chi connectivity index (χ0n) is 16.8. The van der Waals surface area contributed by atoms with Crippen LogP contribution < -0.4 is 5.32 Å². The maximum absolute atomic E-state index is 13.0. The van der Waals surface area contributed by atoms with Crippen molar-refractivity contribution < 1.29 is 9.90 Å². The number of thiophene rings is 1. The molecule has 3 heterocycles. The first-order chi connectivity index (χ1) is 14.2. The highest BCUT2D eigenvalue weighted by Gasteiger charge is 2.22. The number of fused-ring (bicyclic) bond motifs is 1. The number of hydrogen-bond acceptors (Lipinski definition) is 5. The van der Waals surface area contributed by atoms with Gasteiger partial charge in [-0.25, -0.2) is 9.67 Å². The van der Waals surface area contributed by atoms with Crippen molar-refractivity contribution in [1.29, 1.82) is 0 Å². The molecular formula is C22H28N4O2S. The molecule has 1 fully saturated rings. The van der Waals surface area contributed by atoms with Crippen molar-refractivity contribution in [2.45, 2.75) is 58.1 Å². The summed E-state index contributed by atoms with van der Waals surface area (Å²) in [4.78, 5) is 18.8. The molecule has 0 saturated heterocycles. The Kier molecular flexibility index (Phi) is 6.25. The highest BCUT2D eigenvalue weighted by Crippen LogP contribution is 2.29. The van der Waals surface area contributed by atoms with Crippen molar-refractivity contribution in [2.75, 3.05) is 6.54 Å². The summed E-state index contributed by atoms with van der Waals surface area (Å²) in [5.41, 5.74) is 2.17. The highest BCUT2D eigenvalue weighted by atomic mass is 32.1. The van der Waals surface area contributed by atoms with Crippen molar-refractivity contribution in [3.05, 3.63) is 35.3 Å². The molecule has 3 aromatic heterocycles. The molecule has 0 radical (unpaired) electrons. The zero-order chi connectivity index (χ0) is 20.2. The summed E-state index contributed by atoms with van der Waals surface area (Å²) in [6.45, 7) is 3.34. The SMILES string of the molecule is CCn1ncc2c(C(=O)NCCC[C@@H]3CCCC[C@@H]3O)cc(-c3cccs3)nc21. The Hall–Kier alpha value is -2.25. The van der Waals surface area contributed by atoms with E-state index >= 15 is 0 Å². The Morgan fingerprint density at radius 2 is 2.24 bits per heavy atom. The van der Waals surface area contributed by atoms with Gasteiger partial charge >= 0.3 is 0 Å². The van der Waals surface area contributed by atoms with Gasteiger partial charge in [0.1, 0.15) is 0 Å². The number of aromatic nitrogens is 3. The molecule has 1 aliphatic carbocycles. The number of nitrogens with one attached hydrogen (secondary N) is 1. The summed E-state index contributed by atoms with van der Waals surface area (Å²) in [6.07, 6.45) is 7.75. The molecule has 1 amide bonds. The summed E-state index contributed by atoms with van der Waals surface area (Å²) >= 11 is 1.61. The second-order valence-corrected chi connectivity index (χ2v) is 8.69. The van der Waals surface area contributed by atoms with E-state index < -0.39 is 0 Å². The second kappa shape index (κ2) is 9.05. The summed E-state index contributed by atoms with van der Waals surface area (Å²) in [7, 11) is 0. The minimum absolute atomic E-state index is 0.0879. The fourth-order valence-electron chi connectivity index (χ4n) is 4.20. The van der Waals surface area contributed by atoms with Crippen LogP contribution in [0.25, 0.3) is 21.6 Å². The smallest absolute Gasteiger partial charge is 0.252 e. The molecule has 0 spiro atoms. The largest absolute Gasteiger partial charge is 0.393 e. The fraction of sp³-hybridized carbons (Fsp3) is 0.500. The number of hydrogen-bond donors (Lipinski definition) is 2. The highest BCUT2D eigenvalue weighted by molar-refractivity contribution is 7.13. The summed E-state index contributed by atoms with van der Waals surface area (Å²) in [5, 5.41) is 20.4. The Balaban J connectivity index is 1.48. The maximum Gasteiger partial charge on any atom is 0.252 e. The lowest BCUT2D eigenvalue weighted by atomic mass is 9.83. The third-order valence-electron chi connectivity index (χ3n) is 5.83. The van der Waals surface area contributed by atoms with E-state index in [1.54, 1.807) is 17.5 Å². The molecule has 0 unspecified atom stereocenters. The summed E-state index contributed by atoms with van der Waals surface area (Å²) in [5.74, 6) is 0.288. The number of rotatable bonds is 7. The average molecular weight is 413 g/mol. The van der Waals surface area contributed by atoms with Gasteiger partial charge in [-0.05, 0) is 56.0 Å². The van der Waals surface area contributed by atoms with E-state index in [1.807, 2.05) is 35.2 Å². The molecule has 7 heteroatoms. The van der Waals surface area contributed by atoms with Crippen molar-refractivity contribution in [3.8, 4) is 10.6 Å². The normalized spacial score (nSPS) is 19.5. The predicted molar refractivity (Wildman–Crippen MR) is 116 cm³/mol. The minimum Gasteiger partial charge on any atom is -0.393 e. The number of pyridine rings is 1. The number of aliphatic hydroxyl groups excluding tert-OH is 1. The van der Waals surface area contributed by atoms with Crippen molar-refractivity contribution >= 4 is 28.3 Å². The van der Waals surface area contributed by atoms with Gasteiger partial charge in [-0.15, -0.1) is 11.3 Å². The number of carbonyl (C=O) groups excluding carboxylic acids is 1. The Bertz CT molecular complexity index is 967. The van der Waals surface area contributed by atoms with Crippen LogP contribution in [-0.2, 0) is 6.54 Å². The first-order valence-electron chi connectivity index (χ1n) is 10.5. The third-order valence-corrected chi connectivity index (χ3v) is 6.73. The van der Waals surface area contributed by atoms with Crippen LogP contribution in [0.3, 0.4) is 0 Å². The van der Waals surface area contributed by atoms with Gasteiger partial charge in [-0.1, -0.05) is 18.9 Å². The van der Waals surface area contributed by atoms with Crippen LogP contribution in [0.4, 0.5) is 0 Å². The monoisotopic (exact) mass is 412 g/mol. The molecule has 0 aliphatic heterocycles. The topological polar surface area (TPSA) is 80.0 Å². The lowest BCUT2D eigenvalue weighted by molar-refractivity contribution is 0.0641. The lowest BCUT2D eigenvalue weighted by Crippen LogP contribution is -2.28. The van der Waals surface area contributed by atoms with Gasteiger partial charge < -0.3 is 10.4 Å². The molecule has 0 bridgehead atoms. The molecule has 3 aromatic rings. The van der Waals surface area contributed by atoms with Crippen LogP contribution in [0.2, 0.25) is 0 Å². The Labute approximate surface area is 175 Å². The molecule has 1 saturated carbocycles.